The molecule has 1 aromatic carbocycles. The summed E-state index contributed by atoms with van der Waals surface area (Å²) in [5, 5.41) is 11.0. The first-order valence-electron chi connectivity index (χ1n) is 9.06. The number of nitrogens with zero attached hydrogens (tertiary/aromatic N) is 3. The molecule has 2 N–H and O–H groups in total. The van der Waals surface area contributed by atoms with Crippen LogP contribution in [0.3, 0.4) is 0 Å². The van der Waals surface area contributed by atoms with E-state index in [0.29, 0.717) is 0 Å². The van der Waals surface area contributed by atoms with Crippen LogP contribution < -0.4 is 10.6 Å². The molecule has 0 saturated carbocycles. The summed E-state index contributed by atoms with van der Waals surface area (Å²) in [5.74, 6) is 0.854. The number of hydrogen-bond donors (Lipinski definition) is 2. The van der Waals surface area contributed by atoms with Gasteiger partial charge in [0.15, 0.2) is 5.96 Å². The Bertz CT molecular complexity index is 698. The van der Waals surface area contributed by atoms with Crippen LogP contribution in [0.1, 0.15) is 37.7 Å². The number of hydrogen-bond acceptors (Lipinski definition) is 2. The van der Waals surface area contributed by atoms with Crippen molar-refractivity contribution in [1.82, 2.24) is 20.4 Å². The monoisotopic (exact) mass is 337 g/mol. The van der Waals surface area contributed by atoms with Crippen molar-refractivity contribution in [2.24, 2.45) is 4.99 Å². The van der Waals surface area contributed by atoms with Crippen molar-refractivity contribution in [2.75, 3.05) is 13.6 Å². The Hall–Kier alpha value is -2.56. The van der Waals surface area contributed by atoms with Gasteiger partial charge in [0.2, 0.25) is 0 Å². The quantitative estimate of drug-likeness (QED) is 0.482. The summed E-state index contributed by atoms with van der Waals surface area (Å²) in [6.07, 6.45) is 12.4. The van der Waals surface area contributed by atoms with Crippen LogP contribution in [0.2, 0.25) is 0 Å². The van der Waals surface area contributed by atoms with Gasteiger partial charge in [-0.15, -0.1) is 0 Å². The minimum atomic E-state index is 0.752. The van der Waals surface area contributed by atoms with Crippen molar-refractivity contribution >= 4 is 5.96 Å². The molecule has 0 unspecified atom stereocenters. The van der Waals surface area contributed by atoms with Gasteiger partial charge in [-0.2, -0.15) is 5.10 Å². The maximum Gasteiger partial charge on any atom is 0.191 e. The normalized spacial score (nSPS) is 14.9. The maximum atomic E-state index is 4.30. The van der Waals surface area contributed by atoms with E-state index in [1.54, 1.807) is 11.8 Å². The van der Waals surface area contributed by atoms with Crippen LogP contribution in [0.25, 0.3) is 5.69 Å². The summed E-state index contributed by atoms with van der Waals surface area (Å²) < 4.78 is 1.86. The lowest BCUT2D eigenvalue weighted by Gasteiger charge is -2.15. The summed E-state index contributed by atoms with van der Waals surface area (Å²) in [5.41, 5.74) is 3.87. The molecule has 0 amide bonds. The number of rotatable bonds is 6. The van der Waals surface area contributed by atoms with Gasteiger partial charge < -0.3 is 10.6 Å². The van der Waals surface area contributed by atoms with E-state index in [4.69, 9.17) is 0 Å². The van der Waals surface area contributed by atoms with E-state index in [2.05, 4.69) is 51.1 Å². The first-order valence-corrected chi connectivity index (χ1v) is 9.06. The summed E-state index contributed by atoms with van der Waals surface area (Å²) in [4.78, 5) is 4.30. The molecule has 2 aromatic rings. The number of aromatic nitrogens is 2. The van der Waals surface area contributed by atoms with Gasteiger partial charge in [-0.3, -0.25) is 4.99 Å². The standard InChI is InChI=1S/C20H27N5/c1-21-20(22-14-12-17-6-3-2-4-7-17)23-16-18-8-10-19(11-9-18)25-15-5-13-24-25/h5-6,8-11,13,15H,2-4,7,12,14,16H2,1H3,(H2,21,22,23). The van der Waals surface area contributed by atoms with Gasteiger partial charge in [0, 0.05) is 32.5 Å². The van der Waals surface area contributed by atoms with Gasteiger partial charge in [0.05, 0.1) is 5.69 Å². The van der Waals surface area contributed by atoms with Crippen molar-refractivity contribution in [3.05, 3.63) is 59.9 Å². The van der Waals surface area contributed by atoms with Gasteiger partial charge in [0.25, 0.3) is 0 Å². The molecule has 1 aromatic heterocycles. The Morgan fingerprint density at radius 2 is 2.08 bits per heavy atom. The van der Waals surface area contributed by atoms with E-state index in [1.165, 1.54) is 31.2 Å². The second-order valence-electron chi connectivity index (χ2n) is 6.33. The third-order valence-electron chi connectivity index (χ3n) is 4.51. The average Bonchev–Trinajstić information content (AvgIpc) is 3.20. The van der Waals surface area contributed by atoms with Crippen molar-refractivity contribution < 1.29 is 0 Å². The molecule has 5 heteroatoms. The number of aliphatic imine (C=N–C) groups is 1. The third-order valence-corrected chi connectivity index (χ3v) is 4.51. The van der Waals surface area contributed by atoms with Gasteiger partial charge in [-0.05, 0) is 55.9 Å². The highest BCUT2D eigenvalue weighted by atomic mass is 15.3. The van der Waals surface area contributed by atoms with Crippen LogP contribution in [-0.2, 0) is 6.54 Å². The Morgan fingerprint density at radius 1 is 1.20 bits per heavy atom. The summed E-state index contributed by atoms with van der Waals surface area (Å²) in [6.45, 7) is 1.69. The molecule has 0 saturated heterocycles. The van der Waals surface area contributed by atoms with E-state index in [1.807, 2.05) is 24.0 Å². The molecule has 0 fully saturated rings. The van der Waals surface area contributed by atoms with E-state index in [0.717, 1.165) is 31.2 Å². The molecule has 1 aliphatic rings. The number of benzene rings is 1. The number of guanidine groups is 1. The smallest absolute Gasteiger partial charge is 0.191 e. The molecule has 0 radical (unpaired) electrons. The van der Waals surface area contributed by atoms with Crippen LogP contribution in [0.15, 0.2) is 59.4 Å². The molecule has 0 atom stereocenters. The second-order valence-corrected chi connectivity index (χ2v) is 6.33. The zero-order chi connectivity index (χ0) is 17.3. The predicted molar refractivity (Wildman–Crippen MR) is 103 cm³/mol. The predicted octanol–water partition coefficient (Wildman–Crippen LogP) is 3.43. The molecule has 0 spiro atoms. The molecule has 5 nitrogen and oxygen atoms in total. The number of allylic oxidation sites excluding steroid dienone is 1. The fraction of sp³-hybridized carbons (Fsp3) is 0.400. The highest BCUT2D eigenvalue weighted by Gasteiger charge is 2.04. The summed E-state index contributed by atoms with van der Waals surface area (Å²) in [7, 11) is 1.82. The lowest BCUT2D eigenvalue weighted by atomic mass is 9.97. The molecule has 3 rings (SSSR count). The fourth-order valence-electron chi connectivity index (χ4n) is 3.07. The Kier molecular flexibility index (Phi) is 6.26. The average molecular weight is 337 g/mol. The van der Waals surface area contributed by atoms with Crippen LogP contribution in [0.4, 0.5) is 0 Å². The SMILES string of the molecule is CN=C(NCCC1=CCCCC1)NCc1ccc(-n2cccn2)cc1. The molecule has 132 valence electrons. The molecule has 1 aliphatic carbocycles. The Labute approximate surface area is 149 Å². The van der Waals surface area contributed by atoms with E-state index in [9.17, 15) is 0 Å². The Morgan fingerprint density at radius 3 is 2.76 bits per heavy atom. The van der Waals surface area contributed by atoms with Crippen LogP contribution in [-0.4, -0.2) is 29.3 Å². The zero-order valence-corrected chi connectivity index (χ0v) is 14.9. The molecular weight excluding hydrogens is 310 g/mol. The topological polar surface area (TPSA) is 54.2 Å². The Balaban J connectivity index is 1.43. The van der Waals surface area contributed by atoms with E-state index in [-0.39, 0.29) is 0 Å². The second kappa shape index (κ2) is 9.06. The largest absolute Gasteiger partial charge is 0.356 e. The van der Waals surface area contributed by atoms with Gasteiger partial charge >= 0.3 is 0 Å². The van der Waals surface area contributed by atoms with Crippen molar-refractivity contribution in [3.8, 4) is 5.69 Å². The minimum Gasteiger partial charge on any atom is -0.356 e. The number of nitrogens with one attached hydrogen (secondary N) is 2. The van der Waals surface area contributed by atoms with Crippen LogP contribution in [0, 0.1) is 0 Å². The highest BCUT2D eigenvalue weighted by Crippen LogP contribution is 2.19. The lowest BCUT2D eigenvalue weighted by molar-refractivity contribution is 0.665. The first kappa shape index (κ1) is 17.3. The zero-order valence-electron chi connectivity index (χ0n) is 14.9. The van der Waals surface area contributed by atoms with E-state index < -0.39 is 0 Å². The molecular formula is C20H27N5. The van der Waals surface area contributed by atoms with Crippen LogP contribution in [0.5, 0.6) is 0 Å². The van der Waals surface area contributed by atoms with Crippen molar-refractivity contribution in [3.63, 3.8) is 0 Å². The molecule has 0 bridgehead atoms. The molecule has 1 heterocycles. The maximum absolute atomic E-state index is 4.30. The summed E-state index contributed by atoms with van der Waals surface area (Å²) in [6, 6.07) is 10.3. The lowest BCUT2D eigenvalue weighted by Crippen LogP contribution is -2.37. The van der Waals surface area contributed by atoms with E-state index >= 15 is 0 Å². The summed E-state index contributed by atoms with van der Waals surface area (Å²) >= 11 is 0. The third kappa shape index (κ3) is 5.21. The molecule has 25 heavy (non-hydrogen) atoms. The van der Waals surface area contributed by atoms with Gasteiger partial charge in [-0.25, -0.2) is 4.68 Å². The van der Waals surface area contributed by atoms with Gasteiger partial charge in [-0.1, -0.05) is 23.8 Å². The fourth-order valence-corrected chi connectivity index (χ4v) is 3.07. The minimum absolute atomic E-state index is 0.752. The van der Waals surface area contributed by atoms with Gasteiger partial charge in [0.1, 0.15) is 0 Å². The van der Waals surface area contributed by atoms with Crippen molar-refractivity contribution in [1.29, 1.82) is 0 Å². The van der Waals surface area contributed by atoms with Crippen LogP contribution >= 0.6 is 0 Å². The van der Waals surface area contributed by atoms with Crippen molar-refractivity contribution in [2.45, 2.75) is 38.6 Å². The highest BCUT2D eigenvalue weighted by molar-refractivity contribution is 5.79. The first-order chi connectivity index (χ1) is 12.3. The molecule has 0 aliphatic heterocycles.